The molecule has 0 bridgehead atoms. The molecule has 0 aliphatic carbocycles. The monoisotopic (exact) mass is 239 g/mol. The Morgan fingerprint density at radius 1 is 1.47 bits per heavy atom. The van der Waals surface area contributed by atoms with Crippen molar-refractivity contribution >= 4 is 5.97 Å². The standard InChI is InChI=1S/C13H21NO3/c1-4-10(5-2)9(3)14-7-12-6-11(8-17-12)13(15)16/h6,8-10,14H,4-5,7H2,1-3H3,(H,15,16). The van der Waals surface area contributed by atoms with Crippen LogP contribution in [0.15, 0.2) is 16.7 Å². The minimum absolute atomic E-state index is 0.206. The van der Waals surface area contributed by atoms with Gasteiger partial charge in [0, 0.05) is 6.04 Å². The van der Waals surface area contributed by atoms with Gasteiger partial charge in [-0.1, -0.05) is 26.7 Å². The normalized spacial score (nSPS) is 12.9. The minimum Gasteiger partial charge on any atom is -0.478 e. The fraction of sp³-hybridized carbons (Fsp3) is 0.615. The van der Waals surface area contributed by atoms with Crippen molar-refractivity contribution in [1.82, 2.24) is 5.32 Å². The summed E-state index contributed by atoms with van der Waals surface area (Å²) >= 11 is 0. The third kappa shape index (κ3) is 3.89. The SMILES string of the molecule is CCC(CC)C(C)NCc1cc(C(=O)O)co1. The van der Waals surface area contributed by atoms with Crippen molar-refractivity contribution in [2.75, 3.05) is 0 Å². The topological polar surface area (TPSA) is 62.5 Å². The van der Waals surface area contributed by atoms with Crippen LogP contribution in [0.1, 0.15) is 49.7 Å². The molecule has 0 spiro atoms. The number of carboxylic acid groups (broad SMARTS) is 1. The van der Waals surface area contributed by atoms with Crippen molar-refractivity contribution in [3.63, 3.8) is 0 Å². The van der Waals surface area contributed by atoms with Crippen LogP contribution in [0.5, 0.6) is 0 Å². The third-order valence-electron chi connectivity index (χ3n) is 3.25. The number of rotatable bonds is 7. The number of nitrogens with one attached hydrogen (secondary N) is 1. The summed E-state index contributed by atoms with van der Waals surface area (Å²) in [6.45, 7) is 7.09. The maximum Gasteiger partial charge on any atom is 0.338 e. The summed E-state index contributed by atoms with van der Waals surface area (Å²) < 4.78 is 5.18. The average molecular weight is 239 g/mol. The molecule has 0 saturated carbocycles. The second kappa shape index (κ2) is 6.45. The first kappa shape index (κ1) is 13.8. The first-order chi connectivity index (χ1) is 8.08. The van der Waals surface area contributed by atoms with Crippen LogP contribution in [0.2, 0.25) is 0 Å². The van der Waals surface area contributed by atoms with E-state index in [1.54, 1.807) is 6.07 Å². The largest absolute Gasteiger partial charge is 0.478 e. The third-order valence-corrected chi connectivity index (χ3v) is 3.25. The van der Waals surface area contributed by atoms with Crippen molar-refractivity contribution in [3.8, 4) is 0 Å². The van der Waals surface area contributed by atoms with Gasteiger partial charge in [-0.2, -0.15) is 0 Å². The number of carboxylic acids is 1. The zero-order valence-electron chi connectivity index (χ0n) is 10.7. The fourth-order valence-electron chi connectivity index (χ4n) is 2.01. The highest BCUT2D eigenvalue weighted by Crippen LogP contribution is 2.14. The highest BCUT2D eigenvalue weighted by molar-refractivity contribution is 5.87. The molecule has 0 radical (unpaired) electrons. The highest BCUT2D eigenvalue weighted by atomic mass is 16.4. The Labute approximate surface area is 102 Å². The van der Waals surface area contributed by atoms with Gasteiger partial charge in [0.2, 0.25) is 0 Å². The Balaban J connectivity index is 2.46. The van der Waals surface area contributed by atoms with E-state index >= 15 is 0 Å². The van der Waals surface area contributed by atoms with Gasteiger partial charge >= 0.3 is 5.97 Å². The minimum atomic E-state index is -0.951. The van der Waals surface area contributed by atoms with Crippen LogP contribution in [-0.2, 0) is 6.54 Å². The predicted octanol–water partition coefficient (Wildman–Crippen LogP) is 2.89. The Morgan fingerprint density at radius 3 is 2.59 bits per heavy atom. The maximum atomic E-state index is 10.7. The summed E-state index contributed by atoms with van der Waals surface area (Å²) in [5, 5.41) is 12.1. The van der Waals surface area contributed by atoms with Gasteiger partial charge in [0.05, 0.1) is 12.1 Å². The quantitative estimate of drug-likeness (QED) is 0.768. The van der Waals surface area contributed by atoms with Crippen molar-refractivity contribution < 1.29 is 14.3 Å². The van der Waals surface area contributed by atoms with Crippen LogP contribution in [0.4, 0.5) is 0 Å². The Kier molecular flexibility index (Phi) is 5.22. The van der Waals surface area contributed by atoms with Crippen molar-refractivity contribution in [1.29, 1.82) is 0 Å². The predicted molar refractivity (Wildman–Crippen MR) is 66.0 cm³/mol. The fourth-order valence-corrected chi connectivity index (χ4v) is 2.01. The van der Waals surface area contributed by atoms with E-state index in [0.717, 1.165) is 12.8 Å². The van der Waals surface area contributed by atoms with E-state index in [-0.39, 0.29) is 5.56 Å². The molecule has 0 amide bonds. The van der Waals surface area contributed by atoms with Gasteiger partial charge < -0.3 is 14.8 Å². The van der Waals surface area contributed by atoms with E-state index in [1.807, 2.05) is 0 Å². The van der Waals surface area contributed by atoms with Gasteiger partial charge in [0.1, 0.15) is 12.0 Å². The van der Waals surface area contributed by atoms with E-state index in [1.165, 1.54) is 6.26 Å². The van der Waals surface area contributed by atoms with Gasteiger partial charge in [0.25, 0.3) is 0 Å². The molecule has 1 unspecified atom stereocenters. The highest BCUT2D eigenvalue weighted by Gasteiger charge is 2.14. The number of hydrogen-bond donors (Lipinski definition) is 2. The maximum absolute atomic E-state index is 10.7. The van der Waals surface area contributed by atoms with Crippen molar-refractivity contribution in [2.45, 2.75) is 46.2 Å². The molecule has 2 N–H and O–H groups in total. The number of aromatic carboxylic acids is 1. The summed E-state index contributed by atoms with van der Waals surface area (Å²) in [5.74, 6) is 0.358. The lowest BCUT2D eigenvalue weighted by atomic mass is 9.95. The molecular weight excluding hydrogens is 218 g/mol. The Hall–Kier alpha value is -1.29. The number of carbonyl (C=O) groups is 1. The zero-order valence-corrected chi connectivity index (χ0v) is 10.7. The summed E-state index contributed by atoms with van der Waals surface area (Å²) in [4.78, 5) is 10.7. The lowest BCUT2D eigenvalue weighted by Crippen LogP contribution is -2.32. The van der Waals surface area contributed by atoms with Gasteiger partial charge in [-0.15, -0.1) is 0 Å². The van der Waals surface area contributed by atoms with E-state index in [9.17, 15) is 4.79 Å². The van der Waals surface area contributed by atoms with Crippen molar-refractivity contribution in [2.24, 2.45) is 5.92 Å². The average Bonchev–Trinajstić information content (AvgIpc) is 2.76. The molecule has 0 fully saturated rings. The summed E-state index contributed by atoms with van der Waals surface area (Å²) in [6, 6.07) is 1.97. The van der Waals surface area contributed by atoms with E-state index in [0.29, 0.717) is 24.3 Å². The molecule has 0 aliphatic heterocycles. The lowest BCUT2D eigenvalue weighted by molar-refractivity contribution is 0.0696. The molecule has 1 aromatic heterocycles. The molecule has 1 rings (SSSR count). The molecule has 0 aliphatic rings. The second-order valence-electron chi connectivity index (χ2n) is 4.35. The Morgan fingerprint density at radius 2 is 2.12 bits per heavy atom. The van der Waals surface area contributed by atoms with Gasteiger partial charge in [-0.05, 0) is 18.9 Å². The smallest absolute Gasteiger partial charge is 0.338 e. The molecular formula is C13H21NO3. The van der Waals surface area contributed by atoms with Crippen LogP contribution >= 0.6 is 0 Å². The lowest BCUT2D eigenvalue weighted by Gasteiger charge is -2.21. The van der Waals surface area contributed by atoms with Crippen molar-refractivity contribution in [3.05, 3.63) is 23.7 Å². The molecule has 4 nitrogen and oxygen atoms in total. The zero-order chi connectivity index (χ0) is 12.8. The Bertz CT molecular complexity index is 355. The molecule has 96 valence electrons. The van der Waals surface area contributed by atoms with Crippen LogP contribution in [0, 0.1) is 5.92 Å². The molecule has 1 aromatic rings. The second-order valence-corrected chi connectivity index (χ2v) is 4.35. The molecule has 1 atom stereocenters. The van der Waals surface area contributed by atoms with Crippen LogP contribution in [0.3, 0.4) is 0 Å². The van der Waals surface area contributed by atoms with E-state index < -0.39 is 5.97 Å². The molecule has 0 saturated heterocycles. The number of furan rings is 1. The number of hydrogen-bond acceptors (Lipinski definition) is 3. The first-order valence-corrected chi connectivity index (χ1v) is 6.12. The molecule has 0 aromatic carbocycles. The van der Waals surface area contributed by atoms with Crippen LogP contribution < -0.4 is 5.32 Å². The molecule has 4 heteroatoms. The summed E-state index contributed by atoms with van der Waals surface area (Å²) in [7, 11) is 0. The summed E-state index contributed by atoms with van der Waals surface area (Å²) in [6.07, 6.45) is 3.56. The molecule has 17 heavy (non-hydrogen) atoms. The van der Waals surface area contributed by atoms with Gasteiger partial charge in [-0.25, -0.2) is 4.79 Å². The summed E-state index contributed by atoms with van der Waals surface area (Å²) in [5.41, 5.74) is 0.206. The molecule has 1 heterocycles. The van der Waals surface area contributed by atoms with Crippen LogP contribution in [0.25, 0.3) is 0 Å². The first-order valence-electron chi connectivity index (χ1n) is 6.12. The van der Waals surface area contributed by atoms with Gasteiger partial charge in [-0.3, -0.25) is 0 Å². The van der Waals surface area contributed by atoms with Crippen LogP contribution in [-0.4, -0.2) is 17.1 Å². The van der Waals surface area contributed by atoms with Gasteiger partial charge in [0.15, 0.2) is 0 Å². The van der Waals surface area contributed by atoms with E-state index in [2.05, 4.69) is 26.1 Å². The van der Waals surface area contributed by atoms with E-state index in [4.69, 9.17) is 9.52 Å².